The second-order valence-electron chi connectivity index (χ2n) is 4.71. The maximum Gasteiger partial charge on any atom is 0.142 e. The average Bonchev–Trinajstić information content (AvgIpc) is 2.82. The molecule has 0 aliphatic rings. The highest BCUT2D eigenvalue weighted by Gasteiger charge is 2.10. The van der Waals surface area contributed by atoms with Gasteiger partial charge in [0.05, 0.1) is 6.54 Å². The van der Waals surface area contributed by atoms with Gasteiger partial charge in [-0.3, -0.25) is 0 Å². The maximum atomic E-state index is 6.31. The van der Waals surface area contributed by atoms with Crippen LogP contribution in [0.15, 0.2) is 40.8 Å². The predicted octanol–water partition coefficient (Wildman–Crippen LogP) is 4.74. The molecule has 0 bridgehead atoms. The van der Waals surface area contributed by atoms with Crippen molar-refractivity contribution >= 4 is 33.3 Å². The van der Waals surface area contributed by atoms with Gasteiger partial charge in [0.25, 0.3) is 0 Å². The van der Waals surface area contributed by atoms with E-state index in [0.717, 1.165) is 52.0 Å². The zero-order valence-electron chi connectivity index (χ0n) is 10.9. The first-order chi connectivity index (χ1) is 9.29. The molecule has 3 aromatic rings. The third-order valence-corrected chi connectivity index (χ3v) is 3.56. The van der Waals surface area contributed by atoms with Gasteiger partial charge < -0.3 is 9.73 Å². The number of hydrogen-bond acceptors (Lipinski definition) is 2. The van der Waals surface area contributed by atoms with Crippen molar-refractivity contribution in [1.29, 1.82) is 0 Å². The molecule has 0 saturated heterocycles. The van der Waals surface area contributed by atoms with Gasteiger partial charge in [0.2, 0.25) is 0 Å². The van der Waals surface area contributed by atoms with Crippen LogP contribution in [0.1, 0.15) is 19.1 Å². The summed E-state index contributed by atoms with van der Waals surface area (Å²) in [6, 6.07) is 12.1. The molecule has 3 heteroatoms. The second kappa shape index (κ2) is 5.24. The third kappa shape index (κ3) is 2.34. The van der Waals surface area contributed by atoms with Gasteiger partial charge in [-0.2, -0.15) is 0 Å². The van der Waals surface area contributed by atoms with E-state index in [1.54, 1.807) is 0 Å². The number of furan rings is 1. The summed E-state index contributed by atoms with van der Waals surface area (Å²) >= 11 is 6.31. The summed E-state index contributed by atoms with van der Waals surface area (Å²) in [5, 5.41) is 7.31. The van der Waals surface area contributed by atoms with E-state index in [9.17, 15) is 0 Å². The number of fused-ring (bicyclic) bond motifs is 3. The van der Waals surface area contributed by atoms with Gasteiger partial charge in [-0.25, -0.2) is 0 Å². The molecule has 0 radical (unpaired) electrons. The summed E-state index contributed by atoms with van der Waals surface area (Å²) in [6.45, 7) is 3.91. The SMILES string of the molecule is CCCNCc1cc2cc(Cl)c3ccccc3c2o1. The summed E-state index contributed by atoms with van der Waals surface area (Å²) in [4.78, 5) is 0. The summed E-state index contributed by atoms with van der Waals surface area (Å²) in [5.41, 5.74) is 0.924. The Morgan fingerprint density at radius 1 is 1.16 bits per heavy atom. The predicted molar refractivity (Wildman–Crippen MR) is 80.7 cm³/mol. The van der Waals surface area contributed by atoms with E-state index in [0.29, 0.717) is 0 Å². The minimum atomic E-state index is 0.758. The minimum absolute atomic E-state index is 0.758. The van der Waals surface area contributed by atoms with Gasteiger partial charge in [0.15, 0.2) is 0 Å². The summed E-state index contributed by atoms with van der Waals surface area (Å²) in [5.74, 6) is 0.955. The Morgan fingerprint density at radius 2 is 1.95 bits per heavy atom. The summed E-state index contributed by atoms with van der Waals surface area (Å²) < 4.78 is 5.96. The van der Waals surface area contributed by atoms with E-state index < -0.39 is 0 Å². The lowest BCUT2D eigenvalue weighted by molar-refractivity contribution is 0.515. The van der Waals surface area contributed by atoms with Gasteiger partial charge in [-0.05, 0) is 25.1 Å². The number of halogens is 1. The Hall–Kier alpha value is -1.51. The van der Waals surface area contributed by atoms with Crippen LogP contribution in [-0.4, -0.2) is 6.54 Å². The number of hydrogen-bond donors (Lipinski definition) is 1. The van der Waals surface area contributed by atoms with Crippen molar-refractivity contribution in [2.45, 2.75) is 19.9 Å². The molecule has 3 rings (SSSR count). The normalized spacial score (nSPS) is 11.5. The Kier molecular flexibility index (Phi) is 3.45. The fourth-order valence-corrected chi connectivity index (χ4v) is 2.64. The van der Waals surface area contributed by atoms with Crippen LogP contribution < -0.4 is 5.32 Å². The van der Waals surface area contributed by atoms with Crippen molar-refractivity contribution in [3.05, 3.63) is 47.2 Å². The molecule has 1 N–H and O–H groups in total. The molecule has 2 aromatic carbocycles. The van der Waals surface area contributed by atoms with Crippen LogP contribution in [-0.2, 0) is 6.54 Å². The summed E-state index contributed by atoms with van der Waals surface area (Å²) in [7, 11) is 0. The van der Waals surface area contributed by atoms with E-state index >= 15 is 0 Å². The van der Waals surface area contributed by atoms with Crippen molar-refractivity contribution in [3.8, 4) is 0 Å². The first kappa shape index (κ1) is 12.5. The molecule has 0 unspecified atom stereocenters. The average molecular weight is 274 g/mol. The fraction of sp³-hybridized carbons (Fsp3) is 0.250. The van der Waals surface area contributed by atoms with Crippen LogP contribution in [0.3, 0.4) is 0 Å². The Balaban J connectivity index is 2.09. The standard InChI is InChI=1S/C16H16ClNO/c1-2-7-18-10-12-8-11-9-15(17)13-5-3-4-6-14(13)16(11)19-12/h3-6,8-9,18H,2,7,10H2,1H3. The molecule has 1 heterocycles. The lowest BCUT2D eigenvalue weighted by Gasteiger charge is -2.01. The third-order valence-electron chi connectivity index (χ3n) is 3.25. The molecular formula is C16H16ClNO. The maximum absolute atomic E-state index is 6.31. The molecule has 0 aliphatic carbocycles. The number of nitrogens with one attached hydrogen (secondary N) is 1. The van der Waals surface area contributed by atoms with Crippen LogP contribution in [0, 0.1) is 0 Å². The lowest BCUT2D eigenvalue weighted by Crippen LogP contribution is -2.12. The van der Waals surface area contributed by atoms with E-state index in [-0.39, 0.29) is 0 Å². The number of benzene rings is 2. The molecule has 1 aromatic heterocycles. The minimum Gasteiger partial charge on any atom is -0.459 e. The zero-order chi connectivity index (χ0) is 13.2. The zero-order valence-corrected chi connectivity index (χ0v) is 11.6. The molecule has 0 saturated carbocycles. The molecule has 19 heavy (non-hydrogen) atoms. The van der Waals surface area contributed by atoms with Gasteiger partial charge in [0, 0.05) is 21.2 Å². The molecule has 0 aliphatic heterocycles. The smallest absolute Gasteiger partial charge is 0.142 e. The van der Waals surface area contributed by atoms with Crippen LogP contribution in [0.25, 0.3) is 21.7 Å². The Bertz CT molecular complexity index is 717. The monoisotopic (exact) mass is 273 g/mol. The Labute approximate surface area is 117 Å². The van der Waals surface area contributed by atoms with Crippen molar-refractivity contribution in [2.24, 2.45) is 0 Å². The van der Waals surface area contributed by atoms with Crippen LogP contribution >= 0.6 is 11.6 Å². The van der Waals surface area contributed by atoms with Gasteiger partial charge in [-0.1, -0.05) is 42.8 Å². The van der Waals surface area contributed by atoms with Crippen molar-refractivity contribution in [1.82, 2.24) is 5.32 Å². The van der Waals surface area contributed by atoms with E-state index in [4.69, 9.17) is 16.0 Å². The molecule has 98 valence electrons. The van der Waals surface area contributed by atoms with Gasteiger partial charge in [-0.15, -0.1) is 0 Å². The molecule has 0 spiro atoms. The van der Waals surface area contributed by atoms with Crippen LogP contribution in [0.5, 0.6) is 0 Å². The quantitative estimate of drug-likeness (QED) is 0.695. The molecule has 0 fully saturated rings. The highest BCUT2D eigenvalue weighted by atomic mass is 35.5. The summed E-state index contributed by atoms with van der Waals surface area (Å²) in [6.07, 6.45) is 1.12. The van der Waals surface area contributed by atoms with E-state index in [1.807, 2.05) is 24.3 Å². The van der Waals surface area contributed by atoms with Crippen molar-refractivity contribution in [2.75, 3.05) is 6.54 Å². The van der Waals surface area contributed by atoms with E-state index in [2.05, 4.69) is 24.4 Å². The highest BCUT2D eigenvalue weighted by Crippen LogP contribution is 2.33. The first-order valence-corrected chi connectivity index (χ1v) is 6.98. The topological polar surface area (TPSA) is 25.2 Å². The first-order valence-electron chi connectivity index (χ1n) is 6.60. The number of rotatable bonds is 4. The van der Waals surface area contributed by atoms with Gasteiger partial charge >= 0.3 is 0 Å². The lowest BCUT2D eigenvalue weighted by atomic mass is 10.1. The molecular weight excluding hydrogens is 258 g/mol. The highest BCUT2D eigenvalue weighted by molar-refractivity contribution is 6.37. The largest absolute Gasteiger partial charge is 0.459 e. The fourth-order valence-electron chi connectivity index (χ4n) is 2.36. The van der Waals surface area contributed by atoms with Crippen LogP contribution in [0.4, 0.5) is 0 Å². The van der Waals surface area contributed by atoms with Crippen molar-refractivity contribution < 1.29 is 4.42 Å². The molecule has 0 amide bonds. The molecule has 2 nitrogen and oxygen atoms in total. The Morgan fingerprint density at radius 3 is 2.74 bits per heavy atom. The van der Waals surface area contributed by atoms with E-state index in [1.165, 1.54) is 0 Å². The van der Waals surface area contributed by atoms with Crippen LogP contribution in [0.2, 0.25) is 5.02 Å². The van der Waals surface area contributed by atoms with Crippen molar-refractivity contribution in [3.63, 3.8) is 0 Å². The second-order valence-corrected chi connectivity index (χ2v) is 5.12. The molecule has 0 atom stereocenters. The van der Waals surface area contributed by atoms with Gasteiger partial charge in [0.1, 0.15) is 11.3 Å².